The molecule has 1 unspecified atom stereocenters. The first-order chi connectivity index (χ1) is 8.15. The maximum absolute atomic E-state index is 11.0. The summed E-state index contributed by atoms with van der Waals surface area (Å²) < 4.78 is 4.62. The van der Waals surface area contributed by atoms with Gasteiger partial charge in [0, 0.05) is 39.3 Å². The maximum atomic E-state index is 11.0. The Hall–Kier alpha value is -1.12. The highest BCUT2D eigenvalue weighted by Crippen LogP contribution is 2.05. The Kier molecular flexibility index (Phi) is 5.95. The molecule has 1 atom stereocenters. The standard InChI is InChI=1S/C12H21N3O2/c1-11(9-13)10-15-7-5-14(6-8-15)4-3-12(16)17-2/h11H,3-8,10H2,1-2H3. The molecule has 1 heterocycles. The summed E-state index contributed by atoms with van der Waals surface area (Å²) in [4.78, 5) is 15.6. The second-order valence-corrected chi connectivity index (χ2v) is 4.50. The van der Waals surface area contributed by atoms with E-state index in [0.717, 1.165) is 39.3 Å². The van der Waals surface area contributed by atoms with Crippen molar-refractivity contribution >= 4 is 5.97 Å². The molecule has 1 aliphatic heterocycles. The van der Waals surface area contributed by atoms with Gasteiger partial charge < -0.3 is 9.64 Å². The topological polar surface area (TPSA) is 56.6 Å². The van der Waals surface area contributed by atoms with E-state index in [0.29, 0.717) is 6.42 Å². The van der Waals surface area contributed by atoms with Crippen molar-refractivity contribution in [3.05, 3.63) is 0 Å². The fourth-order valence-electron chi connectivity index (χ4n) is 1.98. The molecule has 0 spiro atoms. The van der Waals surface area contributed by atoms with E-state index < -0.39 is 0 Å². The molecule has 5 heteroatoms. The summed E-state index contributed by atoms with van der Waals surface area (Å²) in [6.45, 7) is 7.46. The molecule has 17 heavy (non-hydrogen) atoms. The lowest BCUT2D eigenvalue weighted by molar-refractivity contribution is -0.141. The van der Waals surface area contributed by atoms with Gasteiger partial charge >= 0.3 is 5.97 Å². The Labute approximate surface area is 103 Å². The molecule has 1 aliphatic rings. The van der Waals surface area contributed by atoms with Gasteiger partial charge in [-0.25, -0.2) is 0 Å². The molecule has 0 aromatic carbocycles. The fourth-order valence-corrected chi connectivity index (χ4v) is 1.98. The van der Waals surface area contributed by atoms with E-state index >= 15 is 0 Å². The molecule has 0 aromatic rings. The predicted molar refractivity (Wildman–Crippen MR) is 64.3 cm³/mol. The first-order valence-corrected chi connectivity index (χ1v) is 6.07. The number of methoxy groups -OCH3 is 1. The Bertz CT molecular complexity index is 280. The highest BCUT2D eigenvalue weighted by atomic mass is 16.5. The Balaban J connectivity index is 2.17. The van der Waals surface area contributed by atoms with E-state index in [1.54, 1.807) is 0 Å². The third-order valence-corrected chi connectivity index (χ3v) is 3.08. The van der Waals surface area contributed by atoms with Gasteiger partial charge in [-0.05, 0) is 6.92 Å². The predicted octanol–water partition coefficient (Wildman–Crippen LogP) is 0.327. The smallest absolute Gasteiger partial charge is 0.306 e. The van der Waals surface area contributed by atoms with Crippen molar-refractivity contribution in [3.8, 4) is 6.07 Å². The SMILES string of the molecule is COC(=O)CCN1CCN(CC(C)C#N)CC1. The minimum Gasteiger partial charge on any atom is -0.469 e. The van der Waals surface area contributed by atoms with Crippen molar-refractivity contribution < 1.29 is 9.53 Å². The zero-order valence-corrected chi connectivity index (χ0v) is 10.7. The van der Waals surface area contributed by atoms with Crippen LogP contribution in [-0.4, -0.2) is 62.1 Å². The van der Waals surface area contributed by atoms with E-state index in [-0.39, 0.29) is 11.9 Å². The molecular weight excluding hydrogens is 218 g/mol. The molecule has 0 amide bonds. The third-order valence-electron chi connectivity index (χ3n) is 3.08. The Morgan fingerprint density at radius 1 is 1.35 bits per heavy atom. The zero-order valence-electron chi connectivity index (χ0n) is 10.7. The first-order valence-electron chi connectivity index (χ1n) is 6.07. The van der Waals surface area contributed by atoms with Gasteiger partial charge in [0.2, 0.25) is 0 Å². The van der Waals surface area contributed by atoms with Crippen molar-refractivity contribution in [2.45, 2.75) is 13.3 Å². The summed E-state index contributed by atoms with van der Waals surface area (Å²) in [5, 5.41) is 8.75. The lowest BCUT2D eigenvalue weighted by Gasteiger charge is -2.34. The second kappa shape index (κ2) is 7.25. The monoisotopic (exact) mass is 239 g/mol. The highest BCUT2D eigenvalue weighted by molar-refractivity contribution is 5.69. The molecule has 0 aliphatic carbocycles. The molecule has 5 nitrogen and oxygen atoms in total. The molecule has 1 rings (SSSR count). The minimum absolute atomic E-state index is 0.0941. The number of carbonyl (C=O) groups excluding carboxylic acids is 1. The van der Waals surface area contributed by atoms with Crippen molar-refractivity contribution in [1.29, 1.82) is 5.26 Å². The molecule has 0 N–H and O–H groups in total. The van der Waals surface area contributed by atoms with Crippen molar-refractivity contribution in [3.63, 3.8) is 0 Å². The molecule has 0 bridgehead atoms. The first kappa shape index (κ1) is 13.9. The van der Waals surface area contributed by atoms with Gasteiger partial charge in [-0.3, -0.25) is 9.69 Å². The minimum atomic E-state index is -0.148. The van der Waals surface area contributed by atoms with E-state index in [1.165, 1.54) is 7.11 Å². The number of esters is 1. The van der Waals surface area contributed by atoms with Gasteiger partial charge in [0.1, 0.15) is 0 Å². The summed E-state index contributed by atoms with van der Waals surface area (Å²) >= 11 is 0. The molecular formula is C12H21N3O2. The van der Waals surface area contributed by atoms with Crippen LogP contribution in [0.3, 0.4) is 0 Å². The van der Waals surface area contributed by atoms with Crippen LogP contribution in [0.5, 0.6) is 0 Å². The fraction of sp³-hybridized carbons (Fsp3) is 0.833. The van der Waals surface area contributed by atoms with Crippen LogP contribution in [0.4, 0.5) is 0 Å². The number of hydrogen-bond acceptors (Lipinski definition) is 5. The largest absolute Gasteiger partial charge is 0.469 e. The number of nitrogens with zero attached hydrogens (tertiary/aromatic N) is 3. The van der Waals surface area contributed by atoms with Crippen LogP contribution in [0.25, 0.3) is 0 Å². The van der Waals surface area contributed by atoms with Gasteiger partial charge in [-0.1, -0.05) is 0 Å². The van der Waals surface area contributed by atoms with Crippen molar-refractivity contribution in [2.24, 2.45) is 5.92 Å². The second-order valence-electron chi connectivity index (χ2n) is 4.50. The van der Waals surface area contributed by atoms with Crippen molar-refractivity contribution in [1.82, 2.24) is 9.80 Å². The van der Waals surface area contributed by atoms with Crippen LogP contribution in [-0.2, 0) is 9.53 Å². The number of piperazine rings is 1. The molecule has 0 aromatic heterocycles. The summed E-state index contributed by atoms with van der Waals surface area (Å²) in [7, 11) is 1.42. The van der Waals surface area contributed by atoms with Crippen molar-refractivity contribution in [2.75, 3.05) is 46.4 Å². The lowest BCUT2D eigenvalue weighted by atomic mass is 10.2. The van der Waals surface area contributed by atoms with E-state index in [1.807, 2.05) is 6.92 Å². The molecule has 1 fully saturated rings. The summed E-state index contributed by atoms with van der Waals surface area (Å²) in [6.07, 6.45) is 0.463. The van der Waals surface area contributed by atoms with Crippen LogP contribution in [0.2, 0.25) is 0 Å². The van der Waals surface area contributed by atoms with E-state index in [2.05, 4.69) is 20.6 Å². The maximum Gasteiger partial charge on any atom is 0.306 e. The Morgan fingerprint density at radius 2 is 1.94 bits per heavy atom. The van der Waals surface area contributed by atoms with Crippen LogP contribution in [0.15, 0.2) is 0 Å². The number of rotatable bonds is 5. The molecule has 0 radical (unpaired) electrons. The summed E-state index contributed by atoms with van der Waals surface area (Å²) in [5.41, 5.74) is 0. The zero-order chi connectivity index (χ0) is 12.7. The molecule has 1 saturated heterocycles. The van der Waals surface area contributed by atoms with E-state index in [9.17, 15) is 4.79 Å². The quantitative estimate of drug-likeness (QED) is 0.647. The number of nitriles is 1. The van der Waals surface area contributed by atoms with Crippen LogP contribution >= 0.6 is 0 Å². The third kappa shape index (κ3) is 5.16. The normalized spacial score (nSPS) is 19.6. The number of ether oxygens (including phenoxy) is 1. The Morgan fingerprint density at radius 3 is 2.47 bits per heavy atom. The van der Waals surface area contributed by atoms with Crippen LogP contribution in [0.1, 0.15) is 13.3 Å². The molecule has 96 valence electrons. The average Bonchev–Trinajstić information content (AvgIpc) is 2.37. The number of carbonyl (C=O) groups is 1. The van der Waals surface area contributed by atoms with Gasteiger partial charge in [-0.15, -0.1) is 0 Å². The van der Waals surface area contributed by atoms with Gasteiger partial charge in [0.05, 0.1) is 25.5 Å². The van der Waals surface area contributed by atoms with Gasteiger partial charge in [-0.2, -0.15) is 5.26 Å². The summed E-state index contributed by atoms with van der Waals surface area (Å²) in [5.74, 6) is -0.0536. The number of hydrogen-bond donors (Lipinski definition) is 0. The van der Waals surface area contributed by atoms with E-state index in [4.69, 9.17) is 5.26 Å². The molecule has 0 saturated carbocycles. The lowest BCUT2D eigenvalue weighted by Crippen LogP contribution is -2.47. The van der Waals surface area contributed by atoms with Gasteiger partial charge in [0.25, 0.3) is 0 Å². The van der Waals surface area contributed by atoms with Crippen LogP contribution < -0.4 is 0 Å². The highest BCUT2D eigenvalue weighted by Gasteiger charge is 2.18. The summed E-state index contributed by atoms with van der Waals surface area (Å²) in [6, 6.07) is 2.25. The average molecular weight is 239 g/mol. The van der Waals surface area contributed by atoms with Crippen LogP contribution in [0, 0.1) is 17.2 Å². The van der Waals surface area contributed by atoms with Gasteiger partial charge in [0.15, 0.2) is 0 Å².